The summed E-state index contributed by atoms with van der Waals surface area (Å²) in [4.78, 5) is 11.0. The van der Waals surface area contributed by atoms with Crippen LogP contribution in [-0.2, 0) is 0 Å². The van der Waals surface area contributed by atoms with Gasteiger partial charge in [0, 0.05) is 0 Å². The first kappa shape index (κ1) is 9.68. The summed E-state index contributed by atoms with van der Waals surface area (Å²) in [6, 6.07) is 1.88. The second kappa shape index (κ2) is 4.11. The molecule has 1 aliphatic heterocycles. The lowest BCUT2D eigenvalue weighted by atomic mass is 10.0. The highest BCUT2D eigenvalue weighted by Gasteiger charge is 2.16. The van der Waals surface area contributed by atoms with Crippen LogP contribution in [0.3, 0.4) is 0 Å². The topological polar surface area (TPSA) is 57.8 Å². The van der Waals surface area contributed by atoms with Gasteiger partial charge in [-0.1, -0.05) is 18.0 Å². The highest BCUT2D eigenvalue weighted by Crippen LogP contribution is 2.21. The van der Waals surface area contributed by atoms with Gasteiger partial charge in [-0.15, -0.1) is 0 Å². The van der Waals surface area contributed by atoms with E-state index in [-0.39, 0.29) is 16.6 Å². The summed E-state index contributed by atoms with van der Waals surface area (Å²) in [5, 5.41) is 9.92. The Hall–Kier alpha value is -0.870. The van der Waals surface area contributed by atoms with Crippen molar-refractivity contribution in [1.29, 1.82) is 0 Å². The molecule has 14 heavy (non-hydrogen) atoms. The van der Waals surface area contributed by atoms with Crippen LogP contribution in [0.1, 0.15) is 31.0 Å². The number of aromatic amines is 1. The molecule has 2 N–H and O–H groups in total. The monoisotopic (exact) mass is 213 g/mol. The molecule has 0 radical (unpaired) electrons. The van der Waals surface area contributed by atoms with Crippen LogP contribution in [0.25, 0.3) is 0 Å². The first-order valence-corrected chi connectivity index (χ1v) is 5.13. The number of H-pyrrole nitrogens is 1. The summed E-state index contributed by atoms with van der Waals surface area (Å²) in [5.74, 6) is 0. The molecule has 1 aromatic heterocycles. The second-order valence-electron chi connectivity index (χ2n) is 3.47. The van der Waals surface area contributed by atoms with Gasteiger partial charge in [-0.3, -0.25) is 4.79 Å². The fourth-order valence-corrected chi connectivity index (χ4v) is 1.83. The number of rotatable bonds is 1. The molecule has 2 heterocycles. The smallest absolute Gasteiger partial charge is 0.282 e. The maximum atomic E-state index is 11.0. The first-order valence-electron chi connectivity index (χ1n) is 4.76. The zero-order chi connectivity index (χ0) is 9.97. The molecule has 1 unspecified atom stereocenters. The third kappa shape index (κ3) is 1.96. The molecule has 0 aromatic carbocycles. The van der Waals surface area contributed by atoms with E-state index >= 15 is 0 Å². The summed E-state index contributed by atoms with van der Waals surface area (Å²) >= 11 is 5.72. The number of nitrogens with zero attached hydrogens (tertiary/aromatic N) is 1. The Morgan fingerprint density at radius 1 is 1.50 bits per heavy atom. The van der Waals surface area contributed by atoms with Crippen molar-refractivity contribution in [2.45, 2.75) is 25.3 Å². The largest absolute Gasteiger partial charge is 0.309 e. The average Bonchev–Trinajstić information content (AvgIpc) is 2.23. The van der Waals surface area contributed by atoms with Crippen molar-refractivity contribution in [3.8, 4) is 0 Å². The van der Waals surface area contributed by atoms with Gasteiger partial charge in [0.25, 0.3) is 5.56 Å². The van der Waals surface area contributed by atoms with E-state index in [0.717, 1.165) is 18.7 Å². The lowest BCUT2D eigenvalue weighted by Gasteiger charge is -2.22. The van der Waals surface area contributed by atoms with Crippen molar-refractivity contribution in [2.75, 3.05) is 6.54 Å². The Kier molecular flexibility index (Phi) is 2.84. The van der Waals surface area contributed by atoms with Gasteiger partial charge in [0.15, 0.2) is 0 Å². The quantitative estimate of drug-likeness (QED) is 0.738. The van der Waals surface area contributed by atoms with Gasteiger partial charge in [0.05, 0.1) is 11.7 Å². The molecule has 0 aliphatic carbocycles. The zero-order valence-corrected chi connectivity index (χ0v) is 8.47. The molecule has 2 rings (SSSR count). The molecule has 1 fully saturated rings. The molecule has 1 aromatic rings. The summed E-state index contributed by atoms with van der Waals surface area (Å²) in [6.45, 7) is 1.00. The van der Waals surface area contributed by atoms with Crippen molar-refractivity contribution in [3.63, 3.8) is 0 Å². The van der Waals surface area contributed by atoms with Gasteiger partial charge in [0.1, 0.15) is 5.02 Å². The number of hydrogen-bond donors (Lipinski definition) is 2. The highest BCUT2D eigenvalue weighted by atomic mass is 35.5. The minimum atomic E-state index is -0.328. The predicted molar refractivity (Wildman–Crippen MR) is 54.5 cm³/mol. The minimum absolute atomic E-state index is 0.211. The van der Waals surface area contributed by atoms with Crippen molar-refractivity contribution >= 4 is 11.6 Å². The van der Waals surface area contributed by atoms with Crippen molar-refractivity contribution < 1.29 is 0 Å². The molecular formula is C9H12ClN3O. The highest BCUT2D eigenvalue weighted by molar-refractivity contribution is 6.30. The molecule has 5 heteroatoms. The molecule has 0 bridgehead atoms. The van der Waals surface area contributed by atoms with Gasteiger partial charge in [-0.2, -0.15) is 5.10 Å². The number of aromatic nitrogens is 2. The van der Waals surface area contributed by atoms with Crippen LogP contribution in [-0.4, -0.2) is 16.7 Å². The van der Waals surface area contributed by atoms with E-state index in [4.69, 9.17) is 11.6 Å². The van der Waals surface area contributed by atoms with Crippen LogP contribution in [0, 0.1) is 0 Å². The fraction of sp³-hybridized carbons (Fsp3) is 0.556. The third-order valence-electron chi connectivity index (χ3n) is 2.45. The summed E-state index contributed by atoms with van der Waals surface area (Å²) in [7, 11) is 0. The van der Waals surface area contributed by atoms with Crippen LogP contribution in [0.2, 0.25) is 5.02 Å². The number of hydrogen-bond acceptors (Lipinski definition) is 3. The van der Waals surface area contributed by atoms with Gasteiger partial charge in [0.2, 0.25) is 0 Å². The van der Waals surface area contributed by atoms with Gasteiger partial charge in [-0.25, -0.2) is 5.10 Å². The van der Waals surface area contributed by atoms with Crippen LogP contribution < -0.4 is 10.9 Å². The Bertz CT molecular complexity index is 371. The molecule has 0 saturated carbocycles. The van der Waals surface area contributed by atoms with Crippen LogP contribution in [0.4, 0.5) is 0 Å². The molecule has 1 aliphatic rings. The molecule has 0 spiro atoms. The van der Waals surface area contributed by atoms with Crippen LogP contribution >= 0.6 is 11.6 Å². The van der Waals surface area contributed by atoms with Crippen molar-refractivity contribution in [2.24, 2.45) is 0 Å². The maximum absolute atomic E-state index is 11.0. The Balaban J connectivity index is 2.22. The van der Waals surface area contributed by atoms with Crippen molar-refractivity contribution in [3.05, 3.63) is 27.1 Å². The third-order valence-corrected chi connectivity index (χ3v) is 2.73. The minimum Gasteiger partial charge on any atom is -0.309 e. The molecule has 4 nitrogen and oxygen atoms in total. The summed E-state index contributed by atoms with van der Waals surface area (Å²) in [6.07, 6.45) is 3.44. The Morgan fingerprint density at radius 3 is 3.00 bits per heavy atom. The first-order chi connectivity index (χ1) is 6.77. The lowest BCUT2D eigenvalue weighted by molar-refractivity contribution is 0.402. The Morgan fingerprint density at radius 2 is 2.36 bits per heavy atom. The SMILES string of the molecule is O=c1[nH]nc(C2CCCCN2)cc1Cl. The van der Waals surface area contributed by atoms with Gasteiger partial charge >= 0.3 is 0 Å². The molecule has 1 atom stereocenters. The summed E-state index contributed by atoms with van der Waals surface area (Å²) in [5.41, 5.74) is 0.500. The van der Waals surface area contributed by atoms with Crippen molar-refractivity contribution in [1.82, 2.24) is 15.5 Å². The van der Waals surface area contributed by atoms with E-state index < -0.39 is 0 Å². The van der Waals surface area contributed by atoms with E-state index in [1.54, 1.807) is 6.07 Å². The van der Waals surface area contributed by atoms with E-state index in [1.165, 1.54) is 12.8 Å². The lowest BCUT2D eigenvalue weighted by Crippen LogP contribution is -2.28. The van der Waals surface area contributed by atoms with E-state index in [0.29, 0.717) is 0 Å². The number of piperidine rings is 1. The summed E-state index contributed by atoms with van der Waals surface area (Å²) < 4.78 is 0. The molecular weight excluding hydrogens is 202 g/mol. The normalized spacial score (nSPS) is 22.2. The van der Waals surface area contributed by atoms with E-state index in [2.05, 4.69) is 15.5 Å². The second-order valence-corrected chi connectivity index (χ2v) is 3.88. The van der Waals surface area contributed by atoms with E-state index in [9.17, 15) is 4.79 Å². The molecule has 1 saturated heterocycles. The standard InChI is InChI=1S/C9H12ClN3O/c10-6-5-8(12-13-9(6)14)7-3-1-2-4-11-7/h5,7,11H,1-4H2,(H,13,14). The van der Waals surface area contributed by atoms with Gasteiger partial charge in [-0.05, 0) is 25.5 Å². The van der Waals surface area contributed by atoms with Crippen LogP contribution in [0.15, 0.2) is 10.9 Å². The van der Waals surface area contributed by atoms with Gasteiger partial charge < -0.3 is 5.32 Å². The number of nitrogens with one attached hydrogen (secondary N) is 2. The predicted octanol–water partition coefficient (Wildman–Crippen LogP) is 1.24. The molecule has 0 amide bonds. The van der Waals surface area contributed by atoms with Crippen LogP contribution in [0.5, 0.6) is 0 Å². The molecule has 76 valence electrons. The maximum Gasteiger partial charge on any atom is 0.282 e. The number of halogens is 1. The average molecular weight is 214 g/mol. The van der Waals surface area contributed by atoms with E-state index in [1.807, 2.05) is 0 Å². The zero-order valence-electron chi connectivity index (χ0n) is 7.72. The Labute approximate surface area is 86.7 Å². The fourth-order valence-electron chi connectivity index (χ4n) is 1.68.